The van der Waals surface area contributed by atoms with Crippen LogP contribution in [-0.2, 0) is 4.79 Å². The number of rotatable bonds is 4. The Labute approximate surface area is 125 Å². The molecule has 1 aliphatic heterocycles. The number of carbonyl (C=O) groups excluding carboxylic acids is 1. The smallest absolute Gasteiger partial charge is 0.226 e. The van der Waals surface area contributed by atoms with Gasteiger partial charge in [-0.2, -0.15) is 0 Å². The molecule has 114 valence electrons. The molecule has 1 heterocycles. The summed E-state index contributed by atoms with van der Waals surface area (Å²) in [5.74, 6) is 0.989. The van der Waals surface area contributed by atoms with Gasteiger partial charge in [0.05, 0.1) is 13.0 Å². The van der Waals surface area contributed by atoms with Crippen LogP contribution in [0.4, 0.5) is 0 Å². The summed E-state index contributed by atoms with van der Waals surface area (Å²) in [6, 6.07) is 7.77. The van der Waals surface area contributed by atoms with Gasteiger partial charge in [-0.05, 0) is 18.6 Å². The number of para-hydroxylation sites is 1. The van der Waals surface area contributed by atoms with Crippen molar-refractivity contribution in [3.63, 3.8) is 0 Å². The number of hydrogen-bond donors (Lipinski definition) is 2. The number of benzene rings is 1. The van der Waals surface area contributed by atoms with Crippen LogP contribution in [0.3, 0.4) is 0 Å². The van der Waals surface area contributed by atoms with Crippen molar-refractivity contribution < 1.29 is 9.53 Å². The summed E-state index contributed by atoms with van der Waals surface area (Å²) in [5.41, 5.74) is 6.50. The van der Waals surface area contributed by atoms with E-state index in [1.165, 1.54) is 0 Å². The quantitative estimate of drug-likeness (QED) is 0.635. The number of guanidine groups is 1. The van der Waals surface area contributed by atoms with Crippen molar-refractivity contribution in [2.24, 2.45) is 5.73 Å². The Balaban J connectivity index is 1.73. The molecule has 0 radical (unpaired) electrons. The molecule has 0 spiro atoms. The molecule has 3 N–H and O–H groups in total. The lowest BCUT2D eigenvalue weighted by Crippen LogP contribution is -2.52. The van der Waals surface area contributed by atoms with Crippen molar-refractivity contribution in [1.29, 1.82) is 5.41 Å². The first-order valence-corrected chi connectivity index (χ1v) is 7.13. The Morgan fingerprint density at radius 3 is 2.48 bits per heavy atom. The zero-order chi connectivity index (χ0) is 15.2. The van der Waals surface area contributed by atoms with Gasteiger partial charge >= 0.3 is 0 Å². The molecular formula is C15H22N4O2. The Kier molecular flexibility index (Phi) is 5.03. The third-order valence-electron chi connectivity index (χ3n) is 3.64. The normalized spacial score (nSPS) is 14.9. The minimum absolute atomic E-state index is 0.0741. The van der Waals surface area contributed by atoms with Crippen LogP contribution in [-0.4, -0.2) is 54.5 Å². The second kappa shape index (κ2) is 6.97. The van der Waals surface area contributed by atoms with E-state index in [1.807, 2.05) is 31.2 Å². The Hall–Kier alpha value is -2.24. The number of hydrogen-bond acceptors (Lipinski definition) is 3. The van der Waals surface area contributed by atoms with E-state index in [-0.39, 0.29) is 11.9 Å². The molecule has 6 heteroatoms. The Morgan fingerprint density at radius 2 is 1.86 bits per heavy atom. The topological polar surface area (TPSA) is 82.7 Å². The first-order chi connectivity index (χ1) is 10.1. The average Bonchev–Trinajstić information content (AvgIpc) is 2.49. The van der Waals surface area contributed by atoms with Crippen LogP contribution in [0.5, 0.6) is 5.75 Å². The SMILES string of the molecule is Cc1ccccc1OCCC(=O)N1CCN(C(=N)N)CC1. The number of carbonyl (C=O) groups is 1. The molecule has 0 aliphatic carbocycles. The zero-order valence-electron chi connectivity index (χ0n) is 12.3. The number of nitrogens with two attached hydrogens (primary N) is 1. The van der Waals surface area contributed by atoms with E-state index < -0.39 is 0 Å². The van der Waals surface area contributed by atoms with E-state index >= 15 is 0 Å². The number of piperazine rings is 1. The van der Waals surface area contributed by atoms with Crippen molar-refractivity contribution in [3.05, 3.63) is 29.8 Å². The van der Waals surface area contributed by atoms with Gasteiger partial charge in [-0.1, -0.05) is 18.2 Å². The van der Waals surface area contributed by atoms with Gasteiger partial charge in [-0.25, -0.2) is 0 Å². The fourth-order valence-corrected chi connectivity index (χ4v) is 2.32. The first-order valence-electron chi connectivity index (χ1n) is 7.13. The molecular weight excluding hydrogens is 268 g/mol. The molecule has 2 rings (SSSR count). The monoisotopic (exact) mass is 290 g/mol. The summed E-state index contributed by atoms with van der Waals surface area (Å²) in [4.78, 5) is 15.7. The average molecular weight is 290 g/mol. The van der Waals surface area contributed by atoms with Crippen LogP contribution < -0.4 is 10.5 Å². The number of ether oxygens (including phenoxy) is 1. The van der Waals surface area contributed by atoms with Gasteiger partial charge in [0.1, 0.15) is 5.75 Å². The maximum Gasteiger partial charge on any atom is 0.226 e. The Bertz CT molecular complexity index is 510. The lowest BCUT2D eigenvalue weighted by molar-refractivity contribution is -0.133. The molecule has 6 nitrogen and oxygen atoms in total. The van der Waals surface area contributed by atoms with E-state index in [0.29, 0.717) is 39.2 Å². The molecule has 1 aliphatic rings. The van der Waals surface area contributed by atoms with E-state index in [4.69, 9.17) is 15.9 Å². The first kappa shape index (κ1) is 15.2. The molecule has 1 saturated heterocycles. The lowest BCUT2D eigenvalue weighted by Gasteiger charge is -2.34. The summed E-state index contributed by atoms with van der Waals surface area (Å²) < 4.78 is 5.65. The largest absolute Gasteiger partial charge is 0.493 e. The predicted octanol–water partition coefficient (Wildman–Crippen LogP) is 0.802. The molecule has 1 fully saturated rings. The number of nitrogens with one attached hydrogen (secondary N) is 1. The van der Waals surface area contributed by atoms with E-state index in [9.17, 15) is 4.79 Å². The summed E-state index contributed by atoms with van der Waals surface area (Å²) in [7, 11) is 0. The van der Waals surface area contributed by atoms with Crippen LogP contribution in [0, 0.1) is 12.3 Å². The molecule has 1 aromatic carbocycles. The second-order valence-corrected chi connectivity index (χ2v) is 5.12. The van der Waals surface area contributed by atoms with Gasteiger partial charge in [0.15, 0.2) is 5.96 Å². The summed E-state index contributed by atoms with van der Waals surface area (Å²) in [6.45, 7) is 4.85. The third-order valence-corrected chi connectivity index (χ3v) is 3.64. The number of nitrogens with zero attached hydrogens (tertiary/aromatic N) is 2. The highest BCUT2D eigenvalue weighted by molar-refractivity contribution is 5.78. The second-order valence-electron chi connectivity index (χ2n) is 5.12. The lowest BCUT2D eigenvalue weighted by atomic mass is 10.2. The molecule has 1 aromatic rings. The van der Waals surface area contributed by atoms with E-state index in [1.54, 1.807) is 9.80 Å². The number of aryl methyl sites for hydroxylation is 1. The standard InChI is InChI=1S/C15H22N4O2/c1-12-4-2-3-5-13(12)21-11-6-14(20)18-7-9-19(10-8-18)15(16)17/h2-5H,6-11H2,1H3,(H3,16,17). The molecule has 0 aromatic heterocycles. The highest BCUT2D eigenvalue weighted by atomic mass is 16.5. The maximum absolute atomic E-state index is 12.1. The minimum Gasteiger partial charge on any atom is -0.493 e. The van der Waals surface area contributed by atoms with E-state index in [2.05, 4.69) is 0 Å². The fraction of sp³-hybridized carbons (Fsp3) is 0.467. The van der Waals surface area contributed by atoms with Crippen molar-refractivity contribution in [2.45, 2.75) is 13.3 Å². The van der Waals surface area contributed by atoms with Crippen LogP contribution in [0.25, 0.3) is 0 Å². The van der Waals surface area contributed by atoms with Crippen LogP contribution in [0.15, 0.2) is 24.3 Å². The maximum atomic E-state index is 12.1. The van der Waals surface area contributed by atoms with Gasteiger partial charge in [-0.3, -0.25) is 10.2 Å². The predicted molar refractivity (Wildman–Crippen MR) is 81.4 cm³/mol. The molecule has 1 amide bonds. The molecule has 0 bridgehead atoms. The Morgan fingerprint density at radius 1 is 1.24 bits per heavy atom. The minimum atomic E-state index is 0.0741. The van der Waals surface area contributed by atoms with Crippen LogP contribution in [0.1, 0.15) is 12.0 Å². The zero-order valence-corrected chi connectivity index (χ0v) is 12.3. The summed E-state index contributed by atoms with van der Waals surface area (Å²) in [6.07, 6.45) is 0.369. The molecule has 0 unspecified atom stereocenters. The van der Waals surface area contributed by atoms with Crippen molar-refractivity contribution >= 4 is 11.9 Å². The van der Waals surface area contributed by atoms with Crippen molar-refractivity contribution in [1.82, 2.24) is 9.80 Å². The van der Waals surface area contributed by atoms with Gasteiger partial charge in [0.2, 0.25) is 5.91 Å². The fourth-order valence-electron chi connectivity index (χ4n) is 2.32. The van der Waals surface area contributed by atoms with Gasteiger partial charge in [-0.15, -0.1) is 0 Å². The van der Waals surface area contributed by atoms with E-state index in [0.717, 1.165) is 11.3 Å². The van der Waals surface area contributed by atoms with Crippen molar-refractivity contribution in [2.75, 3.05) is 32.8 Å². The molecule has 0 saturated carbocycles. The summed E-state index contributed by atoms with van der Waals surface area (Å²) in [5, 5.41) is 7.37. The highest BCUT2D eigenvalue weighted by Gasteiger charge is 2.21. The summed E-state index contributed by atoms with van der Waals surface area (Å²) >= 11 is 0. The third kappa shape index (κ3) is 4.11. The van der Waals surface area contributed by atoms with Crippen molar-refractivity contribution in [3.8, 4) is 5.75 Å². The molecule has 0 atom stereocenters. The van der Waals surface area contributed by atoms with Crippen LogP contribution in [0.2, 0.25) is 0 Å². The van der Waals surface area contributed by atoms with Gasteiger partial charge < -0.3 is 20.3 Å². The van der Waals surface area contributed by atoms with Crippen LogP contribution >= 0.6 is 0 Å². The number of amides is 1. The highest BCUT2D eigenvalue weighted by Crippen LogP contribution is 2.16. The molecule has 21 heavy (non-hydrogen) atoms. The van der Waals surface area contributed by atoms with Gasteiger partial charge in [0.25, 0.3) is 0 Å². The van der Waals surface area contributed by atoms with Gasteiger partial charge in [0, 0.05) is 26.2 Å².